The minimum atomic E-state index is 0.247. The second-order valence-corrected chi connectivity index (χ2v) is 5.80. The lowest BCUT2D eigenvalue weighted by atomic mass is 9.93. The average Bonchev–Trinajstić information content (AvgIpc) is 2.38. The summed E-state index contributed by atoms with van der Waals surface area (Å²) in [6, 6.07) is 0. The van der Waals surface area contributed by atoms with Gasteiger partial charge in [-0.3, -0.25) is 9.69 Å². The molecule has 0 spiro atoms. The van der Waals surface area contributed by atoms with Gasteiger partial charge in [0.2, 0.25) is 5.91 Å². The molecule has 0 saturated carbocycles. The lowest BCUT2D eigenvalue weighted by Crippen LogP contribution is -2.49. The van der Waals surface area contributed by atoms with Crippen LogP contribution in [0.5, 0.6) is 0 Å². The zero-order chi connectivity index (χ0) is 14.3. The summed E-state index contributed by atoms with van der Waals surface area (Å²) in [6.45, 7) is 8.97. The number of rotatable bonds is 6. The van der Waals surface area contributed by atoms with E-state index in [-0.39, 0.29) is 5.91 Å². The van der Waals surface area contributed by atoms with Crippen molar-refractivity contribution in [3.05, 3.63) is 0 Å². The molecule has 108 valence electrons. The predicted molar refractivity (Wildman–Crippen MR) is 78.5 cm³/mol. The third-order valence-electron chi connectivity index (χ3n) is 3.64. The van der Waals surface area contributed by atoms with Crippen molar-refractivity contribution < 1.29 is 4.79 Å². The Kier molecular flexibility index (Phi) is 6.90. The Balaban J connectivity index is 2.36. The minimum absolute atomic E-state index is 0.247. The molecule has 0 radical (unpaired) electrons. The van der Waals surface area contributed by atoms with Crippen molar-refractivity contribution >= 4 is 5.91 Å². The van der Waals surface area contributed by atoms with Crippen molar-refractivity contribution in [2.24, 2.45) is 17.6 Å². The molecule has 1 saturated heterocycles. The lowest BCUT2D eigenvalue weighted by molar-refractivity contribution is -0.133. The molecule has 1 heterocycles. The molecule has 0 aliphatic carbocycles. The second-order valence-electron chi connectivity index (χ2n) is 5.80. The molecular weight excluding hydrogens is 238 g/mol. The molecule has 0 bridgehead atoms. The van der Waals surface area contributed by atoms with Crippen molar-refractivity contribution in [1.82, 2.24) is 9.80 Å². The fraction of sp³-hybridized carbons (Fsp3) is 0.800. The van der Waals surface area contributed by atoms with Crippen LogP contribution >= 0.6 is 0 Å². The molecule has 0 aromatic heterocycles. The van der Waals surface area contributed by atoms with Crippen LogP contribution in [0.1, 0.15) is 26.7 Å². The molecule has 1 rings (SSSR count). The highest BCUT2D eigenvalue weighted by Crippen LogP contribution is 2.16. The molecule has 2 N–H and O–H groups in total. The maximum Gasteiger partial charge on any atom is 0.222 e. The molecule has 1 amide bonds. The van der Waals surface area contributed by atoms with E-state index in [0.717, 1.165) is 32.6 Å². The number of nitrogens with two attached hydrogens (primary N) is 1. The van der Waals surface area contributed by atoms with E-state index in [1.165, 1.54) is 0 Å². The monoisotopic (exact) mass is 265 g/mol. The Morgan fingerprint density at radius 3 is 2.42 bits per heavy atom. The summed E-state index contributed by atoms with van der Waals surface area (Å²) in [5.74, 6) is 3.80. The quantitative estimate of drug-likeness (QED) is 0.722. The van der Waals surface area contributed by atoms with E-state index in [1.54, 1.807) is 0 Å². The number of hydrogen-bond acceptors (Lipinski definition) is 3. The summed E-state index contributed by atoms with van der Waals surface area (Å²) in [7, 11) is 0. The summed E-state index contributed by atoms with van der Waals surface area (Å²) in [5, 5.41) is 0. The molecule has 0 aromatic rings. The second kappa shape index (κ2) is 8.19. The molecule has 19 heavy (non-hydrogen) atoms. The zero-order valence-corrected chi connectivity index (χ0v) is 12.3. The van der Waals surface area contributed by atoms with E-state index in [1.807, 2.05) is 4.90 Å². The molecule has 1 fully saturated rings. The van der Waals surface area contributed by atoms with Gasteiger partial charge < -0.3 is 10.6 Å². The maximum absolute atomic E-state index is 12.2. The molecule has 1 aliphatic heterocycles. The molecule has 1 atom stereocenters. The van der Waals surface area contributed by atoms with Crippen molar-refractivity contribution in [3.8, 4) is 12.3 Å². The van der Waals surface area contributed by atoms with Crippen LogP contribution in [-0.4, -0.2) is 55.0 Å². The average molecular weight is 265 g/mol. The van der Waals surface area contributed by atoms with E-state index >= 15 is 0 Å². The summed E-state index contributed by atoms with van der Waals surface area (Å²) < 4.78 is 0. The van der Waals surface area contributed by atoms with Crippen LogP contribution in [0.25, 0.3) is 0 Å². The van der Waals surface area contributed by atoms with E-state index in [0.29, 0.717) is 31.3 Å². The van der Waals surface area contributed by atoms with Gasteiger partial charge in [-0.25, -0.2) is 0 Å². The first kappa shape index (κ1) is 16.0. The van der Waals surface area contributed by atoms with Gasteiger partial charge in [0.25, 0.3) is 0 Å². The number of carbonyl (C=O) groups is 1. The third kappa shape index (κ3) is 5.63. The lowest BCUT2D eigenvalue weighted by Gasteiger charge is -2.34. The first-order valence-electron chi connectivity index (χ1n) is 7.20. The van der Waals surface area contributed by atoms with Crippen molar-refractivity contribution in [2.75, 3.05) is 39.3 Å². The highest BCUT2D eigenvalue weighted by molar-refractivity contribution is 5.76. The Morgan fingerprint density at radius 2 is 1.95 bits per heavy atom. The molecule has 4 nitrogen and oxygen atoms in total. The Bertz CT molecular complexity index is 314. The largest absolute Gasteiger partial charge is 0.340 e. The van der Waals surface area contributed by atoms with Crippen LogP contribution in [0.3, 0.4) is 0 Å². The minimum Gasteiger partial charge on any atom is -0.340 e. The van der Waals surface area contributed by atoms with Gasteiger partial charge in [-0.15, -0.1) is 6.42 Å². The number of terminal acetylenes is 1. The van der Waals surface area contributed by atoms with E-state index < -0.39 is 0 Å². The topological polar surface area (TPSA) is 49.6 Å². The highest BCUT2D eigenvalue weighted by Gasteiger charge is 2.23. The first-order chi connectivity index (χ1) is 9.06. The van der Waals surface area contributed by atoms with Crippen molar-refractivity contribution in [2.45, 2.75) is 26.7 Å². The van der Waals surface area contributed by atoms with Crippen LogP contribution in [0.4, 0.5) is 0 Å². The van der Waals surface area contributed by atoms with Crippen LogP contribution in [0, 0.1) is 24.2 Å². The summed E-state index contributed by atoms with van der Waals surface area (Å²) >= 11 is 0. The Labute approximate surface area is 117 Å². The Hall–Kier alpha value is -1.05. The molecule has 1 aliphatic rings. The fourth-order valence-corrected chi connectivity index (χ4v) is 2.59. The van der Waals surface area contributed by atoms with Gasteiger partial charge in [-0.05, 0) is 24.8 Å². The van der Waals surface area contributed by atoms with E-state index in [2.05, 4.69) is 24.7 Å². The number of carbonyl (C=O) groups excluding carboxylic acids is 1. The van der Waals surface area contributed by atoms with Gasteiger partial charge in [-0.2, -0.15) is 0 Å². The number of piperazine rings is 1. The van der Waals surface area contributed by atoms with Crippen LogP contribution in [0.2, 0.25) is 0 Å². The van der Waals surface area contributed by atoms with Crippen molar-refractivity contribution in [1.29, 1.82) is 0 Å². The van der Waals surface area contributed by atoms with Gasteiger partial charge in [-0.1, -0.05) is 19.8 Å². The number of amides is 1. The molecule has 0 aromatic carbocycles. The fourth-order valence-electron chi connectivity index (χ4n) is 2.59. The van der Waals surface area contributed by atoms with Crippen molar-refractivity contribution in [3.63, 3.8) is 0 Å². The number of nitrogens with zero attached hydrogens (tertiary/aromatic N) is 2. The molecular formula is C15H27N3O. The normalized spacial score (nSPS) is 18.4. The summed E-state index contributed by atoms with van der Waals surface area (Å²) in [4.78, 5) is 16.4. The van der Waals surface area contributed by atoms with Gasteiger partial charge in [0, 0.05) is 32.6 Å². The smallest absolute Gasteiger partial charge is 0.222 e. The first-order valence-corrected chi connectivity index (χ1v) is 7.20. The maximum atomic E-state index is 12.2. The van der Waals surface area contributed by atoms with E-state index in [9.17, 15) is 4.79 Å². The summed E-state index contributed by atoms with van der Waals surface area (Å²) in [6.07, 6.45) is 6.91. The molecule has 1 unspecified atom stereocenters. The molecule has 4 heteroatoms. The summed E-state index contributed by atoms with van der Waals surface area (Å²) in [5.41, 5.74) is 5.76. The van der Waals surface area contributed by atoms with Crippen LogP contribution < -0.4 is 5.73 Å². The predicted octanol–water partition coefficient (Wildman–Crippen LogP) is 0.775. The highest BCUT2D eigenvalue weighted by atomic mass is 16.2. The standard InChI is InChI=1S/C15H27N3O/c1-4-5-17-6-8-18(9-7-17)15(19)11-14(12-16)10-13(2)3/h1,13-14H,5-12,16H2,2-3H3. The Morgan fingerprint density at radius 1 is 1.32 bits per heavy atom. The van der Waals surface area contributed by atoms with Gasteiger partial charge in [0.05, 0.1) is 6.54 Å². The van der Waals surface area contributed by atoms with Crippen LogP contribution in [-0.2, 0) is 4.79 Å². The van der Waals surface area contributed by atoms with Gasteiger partial charge in [0.1, 0.15) is 0 Å². The van der Waals surface area contributed by atoms with E-state index in [4.69, 9.17) is 12.2 Å². The SMILES string of the molecule is C#CCN1CCN(C(=O)CC(CN)CC(C)C)CC1. The van der Waals surface area contributed by atoms with Gasteiger partial charge in [0.15, 0.2) is 0 Å². The number of hydrogen-bond donors (Lipinski definition) is 1. The zero-order valence-electron chi connectivity index (χ0n) is 12.3. The third-order valence-corrected chi connectivity index (χ3v) is 3.64. The van der Waals surface area contributed by atoms with Crippen LogP contribution in [0.15, 0.2) is 0 Å². The van der Waals surface area contributed by atoms with Gasteiger partial charge >= 0.3 is 0 Å².